The van der Waals surface area contributed by atoms with E-state index in [9.17, 15) is 5.11 Å². The van der Waals surface area contributed by atoms with Crippen molar-refractivity contribution >= 4 is 15.9 Å². The van der Waals surface area contributed by atoms with Gasteiger partial charge >= 0.3 is 0 Å². The Kier molecular flexibility index (Phi) is 2.79. The van der Waals surface area contributed by atoms with Crippen molar-refractivity contribution in [1.29, 1.82) is 0 Å². The monoisotopic (exact) mass is 213 g/mol. The van der Waals surface area contributed by atoms with E-state index in [1.165, 1.54) is 6.08 Å². The summed E-state index contributed by atoms with van der Waals surface area (Å²) in [5, 5.41) is 9.27. The summed E-state index contributed by atoms with van der Waals surface area (Å²) in [6.45, 7) is 3.47. The van der Waals surface area contributed by atoms with Gasteiger partial charge in [0.1, 0.15) is 0 Å². The van der Waals surface area contributed by atoms with Crippen LogP contribution in [-0.4, -0.2) is 10.1 Å². The highest BCUT2D eigenvalue weighted by Gasteiger charge is 2.01. The summed E-state index contributed by atoms with van der Waals surface area (Å²) in [6, 6.07) is 1.80. The summed E-state index contributed by atoms with van der Waals surface area (Å²) in [4.78, 5) is 3.90. The van der Waals surface area contributed by atoms with Crippen molar-refractivity contribution in [3.63, 3.8) is 0 Å². The van der Waals surface area contributed by atoms with E-state index in [0.717, 1.165) is 10.0 Å². The van der Waals surface area contributed by atoms with Gasteiger partial charge in [0, 0.05) is 22.4 Å². The van der Waals surface area contributed by atoms with Crippen LogP contribution in [0.1, 0.15) is 11.7 Å². The van der Waals surface area contributed by atoms with Gasteiger partial charge in [-0.3, -0.25) is 4.98 Å². The molecule has 0 spiro atoms. The Hall–Kier alpha value is -0.670. The quantitative estimate of drug-likeness (QED) is 0.764. The highest BCUT2D eigenvalue weighted by Crippen LogP contribution is 2.16. The second kappa shape index (κ2) is 3.64. The Morgan fingerprint density at radius 2 is 2.36 bits per heavy atom. The molecule has 0 aliphatic carbocycles. The second-order valence-corrected chi connectivity index (χ2v) is 3.03. The molecule has 0 bridgehead atoms. The van der Waals surface area contributed by atoms with Crippen molar-refractivity contribution in [2.75, 3.05) is 0 Å². The van der Waals surface area contributed by atoms with Crippen molar-refractivity contribution < 1.29 is 5.11 Å². The number of aliphatic hydroxyl groups excluding tert-OH is 1. The summed E-state index contributed by atoms with van der Waals surface area (Å²) >= 11 is 3.25. The standard InChI is InChI=1S/C8H8BrNO/c1-2-8(11)6-3-7(9)5-10-4-6/h2-5,8,11H,1H2. The van der Waals surface area contributed by atoms with Crippen LogP contribution in [0.4, 0.5) is 0 Å². The van der Waals surface area contributed by atoms with Gasteiger partial charge in [-0.15, -0.1) is 6.58 Å². The summed E-state index contributed by atoms with van der Waals surface area (Å²) < 4.78 is 0.857. The van der Waals surface area contributed by atoms with Gasteiger partial charge in [0.15, 0.2) is 0 Å². The molecule has 1 rings (SSSR count). The number of rotatable bonds is 2. The van der Waals surface area contributed by atoms with Crippen molar-refractivity contribution in [2.24, 2.45) is 0 Å². The van der Waals surface area contributed by atoms with Gasteiger partial charge in [-0.25, -0.2) is 0 Å². The Morgan fingerprint density at radius 1 is 1.64 bits per heavy atom. The van der Waals surface area contributed by atoms with E-state index in [1.807, 2.05) is 0 Å². The molecule has 0 aliphatic heterocycles. The van der Waals surface area contributed by atoms with Crippen LogP contribution < -0.4 is 0 Å². The first-order valence-electron chi connectivity index (χ1n) is 3.15. The van der Waals surface area contributed by atoms with E-state index < -0.39 is 6.10 Å². The zero-order valence-electron chi connectivity index (χ0n) is 5.87. The van der Waals surface area contributed by atoms with Crippen LogP contribution in [0.15, 0.2) is 35.6 Å². The van der Waals surface area contributed by atoms with Crippen molar-refractivity contribution in [1.82, 2.24) is 4.98 Å². The number of nitrogens with zero attached hydrogens (tertiary/aromatic N) is 1. The van der Waals surface area contributed by atoms with E-state index >= 15 is 0 Å². The first-order chi connectivity index (χ1) is 5.24. The number of pyridine rings is 1. The molecular formula is C8H8BrNO. The molecule has 0 radical (unpaired) electrons. The first-order valence-corrected chi connectivity index (χ1v) is 3.94. The predicted molar refractivity (Wildman–Crippen MR) is 47.1 cm³/mol. The molecule has 1 aromatic heterocycles. The van der Waals surface area contributed by atoms with Gasteiger partial charge in [-0.2, -0.15) is 0 Å². The van der Waals surface area contributed by atoms with E-state index in [1.54, 1.807) is 18.5 Å². The summed E-state index contributed by atoms with van der Waals surface area (Å²) in [5.74, 6) is 0. The van der Waals surface area contributed by atoms with Gasteiger partial charge < -0.3 is 5.11 Å². The van der Waals surface area contributed by atoms with Crippen LogP contribution in [0.5, 0.6) is 0 Å². The van der Waals surface area contributed by atoms with Crippen molar-refractivity contribution in [3.8, 4) is 0 Å². The molecule has 0 saturated carbocycles. The topological polar surface area (TPSA) is 33.1 Å². The third-order valence-corrected chi connectivity index (χ3v) is 1.72. The molecular weight excluding hydrogens is 206 g/mol. The Labute approximate surface area is 73.7 Å². The van der Waals surface area contributed by atoms with Crippen molar-refractivity contribution in [2.45, 2.75) is 6.10 Å². The molecule has 1 unspecified atom stereocenters. The maximum atomic E-state index is 9.27. The van der Waals surface area contributed by atoms with Gasteiger partial charge in [-0.1, -0.05) is 6.08 Å². The van der Waals surface area contributed by atoms with E-state index in [0.29, 0.717) is 0 Å². The minimum Gasteiger partial charge on any atom is -0.384 e. The molecule has 1 N–H and O–H groups in total. The van der Waals surface area contributed by atoms with Crippen LogP contribution in [0.25, 0.3) is 0 Å². The predicted octanol–water partition coefficient (Wildman–Crippen LogP) is 2.06. The molecule has 2 nitrogen and oxygen atoms in total. The molecule has 1 aromatic rings. The molecule has 0 fully saturated rings. The highest BCUT2D eigenvalue weighted by atomic mass is 79.9. The lowest BCUT2D eigenvalue weighted by molar-refractivity contribution is 0.228. The fourth-order valence-corrected chi connectivity index (χ4v) is 1.11. The molecule has 11 heavy (non-hydrogen) atoms. The van der Waals surface area contributed by atoms with E-state index in [2.05, 4.69) is 27.5 Å². The van der Waals surface area contributed by atoms with E-state index in [-0.39, 0.29) is 0 Å². The summed E-state index contributed by atoms with van der Waals surface area (Å²) in [6.07, 6.45) is 4.11. The third kappa shape index (κ3) is 2.13. The summed E-state index contributed by atoms with van der Waals surface area (Å²) in [7, 11) is 0. The molecule has 0 aromatic carbocycles. The van der Waals surface area contributed by atoms with Crippen LogP contribution in [0.3, 0.4) is 0 Å². The van der Waals surface area contributed by atoms with Gasteiger partial charge in [0.05, 0.1) is 6.10 Å². The molecule has 1 atom stereocenters. The normalized spacial score (nSPS) is 12.5. The van der Waals surface area contributed by atoms with Gasteiger partial charge in [-0.05, 0) is 22.0 Å². The number of halogens is 1. The Morgan fingerprint density at radius 3 is 2.91 bits per heavy atom. The molecule has 3 heteroatoms. The fourth-order valence-electron chi connectivity index (χ4n) is 0.726. The molecule has 1 heterocycles. The van der Waals surface area contributed by atoms with Crippen LogP contribution in [-0.2, 0) is 0 Å². The number of hydrogen-bond donors (Lipinski definition) is 1. The fraction of sp³-hybridized carbons (Fsp3) is 0.125. The zero-order chi connectivity index (χ0) is 8.27. The smallest absolute Gasteiger partial charge is 0.0984 e. The molecule has 0 amide bonds. The van der Waals surface area contributed by atoms with E-state index in [4.69, 9.17) is 0 Å². The average Bonchev–Trinajstić information content (AvgIpc) is 2.03. The van der Waals surface area contributed by atoms with Crippen LogP contribution >= 0.6 is 15.9 Å². The minimum atomic E-state index is -0.625. The number of aliphatic hydroxyl groups is 1. The lowest BCUT2D eigenvalue weighted by atomic mass is 10.2. The molecule has 58 valence electrons. The molecule has 0 saturated heterocycles. The lowest BCUT2D eigenvalue weighted by Gasteiger charge is -2.03. The highest BCUT2D eigenvalue weighted by molar-refractivity contribution is 9.10. The molecule has 0 aliphatic rings. The Bertz CT molecular complexity index is 262. The number of hydrogen-bond acceptors (Lipinski definition) is 2. The first kappa shape index (κ1) is 8.43. The van der Waals surface area contributed by atoms with Crippen LogP contribution in [0.2, 0.25) is 0 Å². The SMILES string of the molecule is C=CC(O)c1cncc(Br)c1. The van der Waals surface area contributed by atoms with Crippen molar-refractivity contribution in [3.05, 3.63) is 41.2 Å². The van der Waals surface area contributed by atoms with Crippen LogP contribution in [0, 0.1) is 0 Å². The Balaban J connectivity index is 2.95. The summed E-state index contributed by atoms with van der Waals surface area (Å²) in [5.41, 5.74) is 0.745. The third-order valence-electron chi connectivity index (χ3n) is 1.29. The minimum absolute atomic E-state index is 0.625. The van der Waals surface area contributed by atoms with Gasteiger partial charge in [0.2, 0.25) is 0 Å². The number of aromatic nitrogens is 1. The zero-order valence-corrected chi connectivity index (χ0v) is 7.45. The maximum absolute atomic E-state index is 9.27. The average molecular weight is 214 g/mol. The lowest BCUT2D eigenvalue weighted by Crippen LogP contribution is -1.92. The second-order valence-electron chi connectivity index (χ2n) is 2.12. The van der Waals surface area contributed by atoms with Gasteiger partial charge in [0.25, 0.3) is 0 Å². The largest absolute Gasteiger partial charge is 0.384 e. The maximum Gasteiger partial charge on any atom is 0.0984 e.